The lowest BCUT2D eigenvalue weighted by Crippen LogP contribution is -2.45. The van der Waals surface area contributed by atoms with Gasteiger partial charge in [-0.3, -0.25) is 15.0 Å². The SMILES string of the molecule is COC(=O)Nc1nc2ccc(C3(O)c4ccccc4C(=O)N3c3ccc(F)c(Cl)c3F)cc2[nH]1. The second kappa shape index (κ2) is 7.79. The van der Waals surface area contributed by atoms with Gasteiger partial charge in [0.25, 0.3) is 5.91 Å². The Bertz CT molecular complexity index is 1490. The maximum Gasteiger partial charge on any atom is 0.413 e. The molecule has 1 aromatic heterocycles. The van der Waals surface area contributed by atoms with Gasteiger partial charge in [-0.15, -0.1) is 0 Å². The van der Waals surface area contributed by atoms with Gasteiger partial charge in [-0.25, -0.2) is 18.6 Å². The summed E-state index contributed by atoms with van der Waals surface area (Å²) >= 11 is 5.77. The molecule has 3 aromatic carbocycles. The van der Waals surface area contributed by atoms with Crippen molar-refractivity contribution in [3.63, 3.8) is 0 Å². The Labute approximate surface area is 195 Å². The second-order valence-electron chi connectivity index (χ2n) is 7.49. The van der Waals surface area contributed by atoms with Gasteiger partial charge in [-0.1, -0.05) is 35.9 Å². The van der Waals surface area contributed by atoms with Crippen molar-refractivity contribution in [2.24, 2.45) is 0 Å². The number of H-pyrrole nitrogens is 1. The number of halogens is 3. The lowest BCUT2D eigenvalue weighted by Gasteiger charge is -2.35. The van der Waals surface area contributed by atoms with Gasteiger partial charge in [0.05, 0.1) is 23.8 Å². The van der Waals surface area contributed by atoms with E-state index in [4.69, 9.17) is 11.6 Å². The molecule has 4 aromatic rings. The molecular formula is C23H15ClF2N4O4. The summed E-state index contributed by atoms with van der Waals surface area (Å²) in [6, 6.07) is 12.8. The highest BCUT2D eigenvalue weighted by molar-refractivity contribution is 6.31. The third-order valence-electron chi connectivity index (χ3n) is 5.61. The van der Waals surface area contributed by atoms with Crippen LogP contribution in [0.1, 0.15) is 21.5 Å². The van der Waals surface area contributed by atoms with Crippen molar-refractivity contribution in [1.82, 2.24) is 9.97 Å². The summed E-state index contributed by atoms with van der Waals surface area (Å²) in [6.07, 6.45) is -0.733. The predicted molar refractivity (Wildman–Crippen MR) is 120 cm³/mol. The number of benzene rings is 3. The number of carbonyl (C=O) groups is 2. The number of nitrogens with one attached hydrogen (secondary N) is 2. The van der Waals surface area contributed by atoms with Crippen molar-refractivity contribution in [1.29, 1.82) is 0 Å². The average molecular weight is 485 g/mol. The van der Waals surface area contributed by atoms with E-state index in [1.165, 1.54) is 31.4 Å². The number of ether oxygens (including phenoxy) is 1. The largest absolute Gasteiger partial charge is 0.453 e. The van der Waals surface area contributed by atoms with Crippen LogP contribution in [-0.4, -0.2) is 34.2 Å². The zero-order valence-electron chi connectivity index (χ0n) is 17.4. The summed E-state index contributed by atoms with van der Waals surface area (Å²) in [5.74, 6) is -2.78. The van der Waals surface area contributed by atoms with Crippen molar-refractivity contribution >= 4 is 46.3 Å². The molecule has 8 nitrogen and oxygen atoms in total. The lowest BCUT2D eigenvalue weighted by molar-refractivity contribution is 0.0699. The minimum absolute atomic E-state index is 0.0992. The van der Waals surface area contributed by atoms with Crippen molar-refractivity contribution < 1.29 is 28.2 Å². The first-order valence-electron chi connectivity index (χ1n) is 9.91. The first-order valence-corrected chi connectivity index (χ1v) is 10.3. The number of anilines is 2. The molecule has 0 bridgehead atoms. The van der Waals surface area contributed by atoms with Gasteiger partial charge in [-0.2, -0.15) is 0 Å². The Morgan fingerprint density at radius 2 is 1.97 bits per heavy atom. The molecule has 5 rings (SSSR count). The van der Waals surface area contributed by atoms with E-state index in [9.17, 15) is 19.1 Å². The molecule has 0 saturated heterocycles. The van der Waals surface area contributed by atoms with Crippen LogP contribution in [0.4, 0.5) is 25.2 Å². The number of fused-ring (bicyclic) bond motifs is 2. The van der Waals surface area contributed by atoms with Crippen molar-refractivity contribution in [2.45, 2.75) is 5.72 Å². The van der Waals surface area contributed by atoms with Crippen LogP contribution < -0.4 is 10.2 Å². The van der Waals surface area contributed by atoms with Crippen LogP contribution in [0.5, 0.6) is 0 Å². The highest BCUT2D eigenvalue weighted by Crippen LogP contribution is 2.46. The van der Waals surface area contributed by atoms with Crippen LogP contribution in [0, 0.1) is 11.6 Å². The average Bonchev–Trinajstić information content (AvgIpc) is 3.34. The number of rotatable bonds is 3. The standard InChI is InChI=1S/C23H15ClF2N4O4/c1-34-22(32)29-21-27-15-8-6-11(10-16(15)28-21)23(33)13-5-3-2-4-12(13)20(31)30(23)17-9-7-14(25)18(24)19(17)26/h2-10,33H,1H3,(H2,27,28,29,32). The van der Waals surface area contributed by atoms with Crippen molar-refractivity contribution in [3.05, 3.63) is 87.9 Å². The Hall–Kier alpha value is -4.02. The number of hydrogen-bond acceptors (Lipinski definition) is 5. The summed E-state index contributed by atoms with van der Waals surface area (Å²) in [5, 5.41) is 13.6. The fraction of sp³-hybridized carbons (Fsp3) is 0.0870. The molecule has 0 saturated carbocycles. The van der Waals surface area contributed by atoms with E-state index in [1.54, 1.807) is 18.2 Å². The van der Waals surface area contributed by atoms with E-state index in [0.29, 0.717) is 11.0 Å². The molecule has 0 radical (unpaired) electrons. The maximum atomic E-state index is 15.0. The Balaban J connectivity index is 1.71. The number of aromatic nitrogens is 2. The summed E-state index contributed by atoms with van der Waals surface area (Å²) in [6.45, 7) is 0. The van der Waals surface area contributed by atoms with E-state index >= 15 is 4.39 Å². The highest BCUT2D eigenvalue weighted by Gasteiger charge is 2.51. The number of hydrogen-bond donors (Lipinski definition) is 3. The normalized spacial score (nSPS) is 17.2. The summed E-state index contributed by atoms with van der Waals surface area (Å²) < 4.78 is 33.4. The summed E-state index contributed by atoms with van der Waals surface area (Å²) in [5.41, 5.74) is -1.18. The number of methoxy groups -OCH3 is 1. The van der Waals surface area contributed by atoms with E-state index < -0.39 is 40.1 Å². The molecule has 34 heavy (non-hydrogen) atoms. The van der Waals surface area contributed by atoms with E-state index in [1.807, 2.05) is 0 Å². The summed E-state index contributed by atoms with van der Waals surface area (Å²) in [7, 11) is 1.20. The van der Waals surface area contributed by atoms with E-state index in [0.717, 1.165) is 17.0 Å². The molecule has 11 heteroatoms. The Morgan fingerprint density at radius 1 is 1.21 bits per heavy atom. The van der Waals surface area contributed by atoms with Gasteiger partial charge in [0, 0.05) is 16.7 Å². The lowest BCUT2D eigenvalue weighted by atomic mass is 9.93. The van der Waals surface area contributed by atoms with E-state index in [-0.39, 0.29) is 22.6 Å². The Morgan fingerprint density at radius 3 is 2.74 bits per heavy atom. The maximum absolute atomic E-state index is 15.0. The topological polar surface area (TPSA) is 108 Å². The number of carbonyl (C=O) groups excluding carboxylic acids is 2. The minimum Gasteiger partial charge on any atom is -0.453 e. The second-order valence-corrected chi connectivity index (χ2v) is 7.86. The third kappa shape index (κ3) is 3.11. The first kappa shape index (κ1) is 21.8. The summed E-state index contributed by atoms with van der Waals surface area (Å²) in [4.78, 5) is 32.8. The van der Waals surface area contributed by atoms with Gasteiger partial charge in [-0.05, 0) is 30.3 Å². The number of imidazole rings is 1. The molecule has 0 fully saturated rings. The molecule has 2 amide bonds. The fourth-order valence-corrected chi connectivity index (χ4v) is 4.21. The van der Waals surface area contributed by atoms with Gasteiger partial charge in [0.15, 0.2) is 11.5 Å². The van der Waals surface area contributed by atoms with Gasteiger partial charge in [0.1, 0.15) is 10.8 Å². The molecule has 2 heterocycles. The van der Waals surface area contributed by atoms with Crippen LogP contribution in [0.2, 0.25) is 5.02 Å². The van der Waals surface area contributed by atoms with Crippen LogP contribution >= 0.6 is 11.6 Å². The molecule has 0 aliphatic carbocycles. The number of nitrogens with zero attached hydrogens (tertiary/aromatic N) is 2. The van der Waals surface area contributed by atoms with Gasteiger partial charge < -0.3 is 14.8 Å². The smallest absolute Gasteiger partial charge is 0.413 e. The van der Waals surface area contributed by atoms with Crippen molar-refractivity contribution in [3.8, 4) is 0 Å². The van der Waals surface area contributed by atoms with Crippen LogP contribution in [0.15, 0.2) is 54.6 Å². The number of aromatic amines is 1. The molecule has 1 aliphatic rings. The zero-order valence-corrected chi connectivity index (χ0v) is 18.2. The first-order chi connectivity index (χ1) is 16.3. The Kier molecular flexibility index (Phi) is 4.99. The molecule has 1 atom stereocenters. The monoisotopic (exact) mass is 484 g/mol. The zero-order chi connectivity index (χ0) is 24.2. The molecular weight excluding hydrogens is 470 g/mol. The van der Waals surface area contributed by atoms with Crippen LogP contribution in [0.25, 0.3) is 11.0 Å². The molecule has 0 spiro atoms. The van der Waals surface area contributed by atoms with Crippen LogP contribution in [-0.2, 0) is 10.5 Å². The van der Waals surface area contributed by atoms with E-state index in [2.05, 4.69) is 20.0 Å². The predicted octanol–water partition coefficient (Wildman–Crippen LogP) is 4.53. The van der Waals surface area contributed by atoms with Gasteiger partial charge >= 0.3 is 6.09 Å². The third-order valence-corrected chi connectivity index (χ3v) is 5.95. The number of aliphatic hydroxyl groups is 1. The minimum atomic E-state index is -2.16. The molecule has 1 unspecified atom stereocenters. The fourth-order valence-electron chi connectivity index (χ4n) is 4.05. The molecule has 172 valence electrons. The number of amides is 2. The quantitative estimate of drug-likeness (QED) is 0.370. The highest BCUT2D eigenvalue weighted by atomic mass is 35.5. The molecule has 1 aliphatic heterocycles. The molecule has 3 N–H and O–H groups in total. The van der Waals surface area contributed by atoms with Gasteiger partial charge in [0.2, 0.25) is 5.95 Å². The van der Waals surface area contributed by atoms with Crippen molar-refractivity contribution in [2.75, 3.05) is 17.3 Å². The van der Waals surface area contributed by atoms with Crippen LogP contribution in [0.3, 0.4) is 0 Å².